The van der Waals surface area contributed by atoms with Gasteiger partial charge >= 0.3 is 18.2 Å². The maximum atomic E-state index is 14.1. The van der Waals surface area contributed by atoms with E-state index in [1.54, 1.807) is 26.8 Å². The van der Waals surface area contributed by atoms with E-state index in [1.165, 1.54) is 19.1 Å². The summed E-state index contributed by atoms with van der Waals surface area (Å²) in [6.45, 7) is 6.78. The summed E-state index contributed by atoms with van der Waals surface area (Å²) in [5.41, 5.74) is 2.41. The Morgan fingerprint density at radius 3 is 2.34 bits per heavy atom. The van der Waals surface area contributed by atoms with E-state index in [-0.39, 0.29) is 17.9 Å². The van der Waals surface area contributed by atoms with Gasteiger partial charge in [-0.05, 0) is 51.0 Å². The summed E-state index contributed by atoms with van der Waals surface area (Å²) in [5, 5.41) is 18.4. The summed E-state index contributed by atoms with van der Waals surface area (Å²) in [6, 6.07) is 3.40. The molecule has 2 amide bonds. The van der Waals surface area contributed by atoms with E-state index in [9.17, 15) is 31.9 Å². The van der Waals surface area contributed by atoms with Crippen LogP contribution in [0.25, 0.3) is 0 Å². The summed E-state index contributed by atoms with van der Waals surface area (Å²) in [4.78, 5) is 44.1. The van der Waals surface area contributed by atoms with Gasteiger partial charge in [0.25, 0.3) is 5.56 Å². The second-order valence-electron chi connectivity index (χ2n) is 7.12. The molecule has 14 heteroatoms. The molecule has 1 unspecified atom stereocenters. The molecule has 0 saturated carbocycles. The van der Waals surface area contributed by atoms with Gasteiger partial charge in [-0.3, -0.25) is 9.59 Å². The smallest absolute Gasteiger partial charge is 0.475 e. The molecule has 2 aromatic rings. The lowest BCUT2D eigenvalue weighted by atomic mass is 10.0. The number of anilines is 1. The van der Waals surface area contributed by atoms with Crippen molar-refractivity contribution in [2.45, 2.75) is 46.3 Å². The molecule has 10 nitrogen and oxygen atoms in total. The highest BCUT2D eigenvalue weighted by Crippen LogP contribution is 2.20. The maximum Gasteiger partial charge on any atom is 0.490 e. The van der Waals surface area contributed by atoms with Crippen LogP contribution in [0.2, 0.25) is 0 Å². The quantitative estimate of drug-likeness (QED) is 0.442. The molecule has 0 aliphatic rings. The Hall–Kier alpha value is -3.97. The predicted octanol–water partition coefficient (Wildman–Crippen LogP) is 2.82. The average Bonchev–Trinajstić information content (AvgIpc) is 2.76. The number of rotatable bonds is 6. The zero-order valence-electron chi connectivity index (χ0n) is 19.2. The minimum absolute atomic E-state index is 0.0150. The van der Waals surface area contributed by atoms with Gasteiger partial charge in [0.1, 0.15) is 11.9 Å². The molecule has 1 aromatic heterocycles. The summed E-state index contributed by atoms with van der Waals surface area (Å²) >= 11 is 0. The van der Waals surface area contributed by atoms with Crippen molar-refractivity contribution in [1.29, 1.82) is 0 Å². The molecule has 1 heterocycles. The van der Waals surface area contributed by atoms with Gasteiger partial charge in [-0.1, -0.05) is 6.07 Å². The van der Waals surface area contributed by atoms with Gasteiger partial charge in [-0.15, -0.1) is 0 Å². The number of alkyl halides is 3. The molecule has 0 saturated heterocycles. The van der Waals surface area contributed by atoms with Crippen LogP contribution < -0.4 is 16.2 Å². The van der Waals surface area contributed by atoms with Crippen LogP contribution in [0.3, 0.4) is 0 Å². The number of benzene rings is 1. The Morgan fingerprint density at radius 2 is 1.80 bits per heavy atom. The van der Waals surface area contributed by atoms with E-state index in [2.05, 4.69) is 20.8 Å². The minimum Gasteiger partial charge on any atom is -0.475 e. The van der Waals surface area contributed by atoms with Crippen LogP contribution in [-0.2, 0) is 20.7 Å². The summed E-state index contributed by atoms with van der Waals surface area (Å²) in [5.74, 6) is -3.95. The number of carboxylic acid groups (broad SMARTS) is 1. The molecular weight excluding hydrogens is 480 g/mol. The number of ether oxygens (including phenoxy) is 1. The number of aromatic nitrogens is 2. The Labute approximate surface area is 196 Å². The molecule has 0 bridgehead atoms. The number of nitrogens with one attached hydrogen (secondary N) is 3. The standard InChI is InChI=1S/C19H23FN4O4.C2HF3O2/c1-5-28-19(27)21-12(4)18(26)22-16-9-13(6-7-14(16)20)8-15-10(2)11(3)17(25)24-23-15;3-2(4,5)1(6)7/h6-7,9,12H,5,8H2,1-4H3,(H,21,27)(H,22,26)(H,24,25);(H,6,7). The van der Waals surface area contributed by atoms with Crippen LogP contribution in [0.15, 0.2) is 23.0 Å². The molecule has 1 aromatic carbocycles. The topological polar surface area (TPSA) is 150 Å². The first-order valence-electron chi connectivity index (χ1n) is 10.0. The summed E-state index contributed by atoms with van der Waals surface area (Å²) in [7, 11) is 0. The van der Waals surface area contributed by atoms with Gasteiger partial charge in [0, 0.05) is 12.0 Å². The van der Waals surface area contributed by atoms with Crippen molar-refractivity contribution < 1.29 is 41.8 Å². The fraction of sp³-hybridized carbons (Fsp3) is 0.381. The predicted molar refractivity (Wildman–Crippen MR) is 115 cm³/mol. The van der Waals surface area contributed by atoms with E-state index in [0.29, 0.717) is 23.2 Å². The number of aliphatic carboxylic acids is 1. The highest BCUT2D eigenvalue weighted by atomic mass is 19.4. The molecule has 0 spiro atoms. The number of carbonyl (C=O) groups excluding carboxylic acids is 2. The fourth-order valence-corrected chi connectivity index (χ4v) is 2.47. The van der Waals surface area contributed by atoms with Crippen molar-refractivity contribution in [1.82, 2.24) is 15.5 Å². The van der Waals surface area contributed by atoms with Gasteiger partial charge < -0.3 is 20.5 Å². The van der Waals surface area contributed by atoms with Crippen molar-refractivity contribution in [3.8, 4) is 0 Å². The van der Waals surface area contributed by atoms with Gasteiger partial charge in [0.15, 0.2) is 0 Å². The first-order chi connectivity index (χ1) is 16.2. The van der Waals surface area contributed by atoms with Crippen LogP contribution in [0, 0.1) is 19.7 Å². The Balaban J connectivity index is 0.000000762. The number of nitrogens with zero attached hydrogens (tertiary/aromatic N) is 1. The molecule has 192 valence electrons. The highest BCUT2D eigenvalue weighted by molar-refractivity contribution is 5.96. The SMILES string of the molecule is CCOC(=O)NC(C)C(=O)Nc1cc(Cc2n[nH]c(=O)c(C)c2C)ccc1F.O=C(O)C(F)(F)F. The molecule has 0 aliphatic carbocycles. The molecule has 35 heavy (non-hydrogen) atoms. The number of alkyl carbamates (subject to hydrolysis) is 1. The van der Waals surface area contributed by atoms with E-state index >= 15 is 0 Å². The number of H-pyrrole nitrogens is 1. The first-order valence-corrected chi connectivity index (χ1v) is 10.0. The lowest BCUT2D eigenvalue weighted by Crippen LogP contribution is -2.42. The third-order valence-corrected chi connectivity index (χ3v) is 4.53. The van der Waals surface area contributed by atoms with Crippen LogP contribution in [0.4, 0.5) is 28.0 Å². The lowest BCUT2D eigenvalue weighted by molar-refractivity contribution is -0.192. The second-order valence-corrected chi connectivity index (χ2v) is 7.12. The molecule has 1 atom stereocenters. The number of aromatic amines is 1. The number of halogens is 4. The Kier molecular flexibility index (Phi) is 10.4. The van der Waals surface area contributed by atoms with Crippen LogP contribution >= 0.6 is 0 Å². The maximum absolute atomic E-state index is 14.1. The van der Waals surface area contributed by atoms with Crippen LogP contribution in [-0.4, -0.2) is 52.1 Å². The van der Waals surface area contributed by atoms with Crippen molar-refractivity contribution in [2.24, 2.45) is 0 Å². The fourth-order valence-electron chi connectivity index (χ4n) is 2.47. The third kappa shape index (κ3) is 9.06. The average molecular weight is 504 g/mol. The van der Waals surface area contributed by atoms with Crippen molar-refractivity contribution in [2.75, 3.05) is 11.9 Å². The van der Waals surface area contributed by atoms with E-state index < -0.39 is 36.0 Å². The van der Waals surface area contributed by atoms with Crippen molar-refractivity contribution >= 4 is 23.7 Å². The van der Waals surface area contributed by atoms with Crippen LogP contribution in [0.5, 0.6) is 0 Å². The first kappa shape index (κ1) is 29.1. The lowest BCUT2D eigenvalue weighted by Gasteiger charge is -2.15. The normalized spacial score (nSPS) is 11.5. The van der Waals surface area contributed by atoms with E-state index in [1.807, 2.05) is 0 Å². The number of hydrogen-bond donors (Lipinski definition) is 4. The monoisotopic (exact) mass is 504 g/mol. The molecule has 2 rings (SSSR count). The Morgan fingerprint density at radius 1 is 1.20 bits per heavy atom. The zero-order valence-corrected chi connectivity index (χ0v) is 19.2. The number of amides is 2. The number of hydrogen-bond acceptors (Lipinski definition) is 6. The van der Waals surface area contributed by atoms with Gasteiger partial charge in [0.2, 0.25) is 5.91 Å². The third-order valence-electron chi connectivity index (χ3n) is 4.53. The van der Waals surface area contributed by atoms with Gasteiger partial charge in [-0.2, -0.15) is 18.3 Å². The number of carboxylic acids is 1. The second kappa shape index (κ2) is 12.5. The molecular formula is C21H24F4N4O6. The van der Waals surface area contributed by atoms with E-state index in [0.717, 1.165) is 5.56 Å². The molecule has 0 aliphatic heterocycles. The molecule has 4 N–H and O–H groups in total. The Bertz CT molecular complexity index is 1130. The van der Waals surface area contributed by atoms with Gasteiger partial charge in [-0.25, -0.2) is 19.1 Å². The molecule has 0 fully saturated rings. The van der Waals surface area contributed by atoms with Crippen LogP contribution in [0.1, 0.15) is 36.2 Å². The zero-order chi connectivity index (χ0) is 26.9. The van der Waals surface area contributed by atoms with Crippen molar-refractivity contribution in [3.05, 3.63) is 56.8 Å². The van der Waals surface area contributed by atoms with E-state index in [4.69, 9.17) is 14.6 Å². The van der Waals surface area contributed by atoms with Gasteiger partial charge in [0.05, 0.1) is 18.0 Å². The largest absolute Gasteiger partial charge is 0.490 e. The highest BCUT2D eigenvalue weighted by Gasteiger charge is 2.38. The minimum atomic E-state index is -5.08. The molecule has 0 radical (unpaired) electrons. The number of carbonyl (C=O) groups is 3. The summed E-state index contributed by atoms with van der Waals surface area (Å²) < 4.78 is 50.6. The van der Waals surface area contributed by atoms with Crippen molar-refractivity contribution in [3.63, 3.8) is 0 Å². The summed E-state index contributed by atoms with van der Waals surface area (Å²) in [6.07, 6.45) is -5.46.